The number of amides is 1. The summed E-state index contributed by atoms with van der Waals surface area (Å²) in [5, 5.41) is 2.65. The van der Waals surface area contributed by atoms with Crippen molar-refractivity contribution in [2.75, 3.05) is 13.1 Å². The highest BCUT2D eigenvalue weighted by Crippen LogP contribution is 2.34. The number of hydrogen-bond acceptors (Lipinski definition) is 4. The number of benzene rings is 2. The topological polar surface area (TPSA) is 78.5 Å². The van der Waals surface area contributed by atoms with Gasteiger partial charge in [-0.2, -0.15) is 31.1 Å². The van der Waals surface area contributed by atoms with Gasteiger partial charge in [-0.1, -0.05) is 37.6 Å². The van der Waals surface area contributed by atoms with E-state index in [-0.39, 0.29) is 6.07 Å². The minimum Gasteiger partial charge on any atom is -0.349 e. The SMILES string of the molecule is C[C@@H](C(=O)N[C@@H]1CCCc2cc(CN3CCCCC3)ccc21)[C@@H](NS(=O)(=O)c1cccc(C(F)(F)F)c1)C(F)(F)F. The van der Waals surface area contributed by atoms with Crippen molar-refractivity contribution >= 4 is 15.9 Å². The highest BCUT2D eigenvalue weighted by molar-refractivity contribution is 7.89. The van der Waals surface area contributed by atoms with Gasteiger partial charge in [0.05, 0.1) is 22.4 Å². The van der Waals surface area contributed by atoms with E-state index in [1.165, 1.54) is 11.1 Å². The number of hydrogen-bond donors (Lipinski definition) is 2. The van der Waals surface area contributed by atoms with Crippen molar-refractivity contribution in [3.8, 4) is 0 Å². The fourth-order valence-corrected chi connectivity index (χ4v) is 6.82. The highest BCUT2D eigenvalue weighted by atomic mass is 32.2. The molecule has 0 radical (unpaired) electrons. The fraction of sp³-hybridized carbons (Fsp3) is 0.536. The van der Waals surface area contributed by atoms with Crippen molar-refractivity contribution in [1.29, 1.82) is 0 Å². The second-order valence-corrected chi connectivity index (χ2v) is 12.5. The zero-order valence-corrected chi connectivity index (χ0v) is 23.3. The number of nitrogens with zero attached hydrogens (tertiary/aromatic N) is 1. The van der Waals surface area contributed by atoms with Crippen molar-refractivity contribution < 1.29 is 39.6 Å². The van der Waals surface area contributed by atoms with Crippen LogP contribution < -0.4 is 10.0 Å². The number of alkyl halides is 6. The fourth-order valence-electron chi connectivity index (χ4n) is 5.47. The number of carbonyl (C=O) groups excluding carboxylic acids is 1. The van der Waals surface area contributed by atoms with Gasteiger partial charge in [0, 0.05) is 6.54 Å². The summed E-state index contributed by atoms with van der Waals surface area (Å²) in [4.78, 5) is 14.4. The van der Waals surface area contributed by atoms with Gasteiger partial charge in [0.2, 0.25) is 15.9 Å². The lowest BCUT2D eigenvalue weighted by Crippen LogP contribution is -2.53. The van der Waals surface area contributed by atoms with Crippen LogP contribution in [-0.2, 0) is 34.0 Å². The zero-order valence-electron chi connectivity index (χ0n) is 22.5. The van der Waals surface area contributed by atoms with Crippen molar-refractivity contribution in [3.05, 3.63) is 64.7 Å². The molecule has 0 unspecified atom stereocenters. The highest BCUT2D eigenvalue weighted by Gasteiger charge is 2.48. The number of sulfonamides is 1. The zero-order chi connectivity index (χ0) is 30.0. The molecule has 2 N–H and O–H groups in total. The first-order valence-corrected chi connectivity index (χ1v) is 15.0. The van der Waals surface area contributed by atoms with Crippen molar-refractivity contribution in [2.45, 2.75) is 81.3 Å². The van der Waals surface area contributed by atoms with Crippen LogP contribution >= 0.6 is 0 Å². The molecule has 41 heavy (non-hydrogen) atoms. The van der Waals surface area contributed by atoms with E-state index < -0.39 is 56.7 Å². The number of fused-ring (bicyclic) bond motifs is 1. The van der Waals surface area contributed by atoms with Crippen LogP contribution in [0.2, 0.25) is 0 Å². The van der Waals surface area contributed by atoms with E-state index >= 15 is 0 Å². The maximum absolute atomic E-state index is 14.0. The van der Waals surface area contributed by atoms with Crippen LogP contribution in [0.25, 0.3) is 0 Å². The number of aryl methyl sites for hydroxylation is 1. The van der Waals surface area contributed by atoms with Crippen LogP contribution in [-0.4, -0.2) is 44.5 Å². The molecule has 1 heterocycles. The van der Waals surface area contributed by atoms with Crippen LogP contribution in [0.3, 0.4) is 0 Å². The van der Waals surface area contributed by atoms with E-state index in [1.54, 1.807) is 0 Å². The third-order valence-corrected chi connectivity index (χ3v) is 9.15. The van der Waals surface area contributed by atoms with E-state index in [2.05, 4.69) is 16.3 Å². The molecule has 0 saturated carbocycles. The van der Waals surface area contributed by atoms with Crippen molar-refractivity contribution in [1.82, 2.24) is 14.9 Å². The molecule has 2 aromatic rings. The average Bonchev–Trinajstić information content (AvgIpc) is 2.91. The molecule has 6 nitrogen and oxygen atoms in total. The second kappa shape index (κ2) is 12.3. The summed E-state index contributed by atoms with van der Waals surface area (Å²) in [6.45, 7) is 3.81. The van der Waals surface area contributed by atoms with Crippen molar-refractivity contribution in [3.63, 3.8) is 0 Å². The van der Waals surface area contributed by atoms with Gasteiger partial charge in [-0.3, -0.25) is 9.69 Å². The van der Waals surface area contributed by atoms with Gasteiger partial charge < -0.3 is 5.32 Å². The number of rotatable bonds is 8. The van der Waals surface area contributed by atoms with E-state index in [4.69, 9.17) is 0 Å². The second-order valence-electron chi connectivity index (χ2n) is 10.8. The molecule has 0 aromatic heterocycles. The molecule has 0 spiro atoms. The first kappa shape index (κ1) is 31.3. The molecule has 0 bridgehead atoms. The summed E-state index contributed by atoms with van der Waals surface area (Å²) >= 11 is 0. The monoisotopic (exact) mass is 605 g/mol. The van der Waals surface area contributed by atoms with Gasteiger partial charge in [-0.05, 0) is 80.1 Å². The minimum atomic E-state index is -5.20. The maximum Gasteiger partial charge on any atom is 0.416 e. The van der Waals surface area contributed by atoms with Gasteiger partial charge in [-0.25, -0.2) is 8.42 Å². The molecular formula is C28H33F6N3O3S. The van der Waals surface area contributed by atoms with Gasteiger partial charge >= 0.3 is 12.4 Å². The molecule has 4 rings (SSSR count). The third kappa shape index (κ3) is 7.81. The summed E-state index contributed by atoms with van der Waals surface area (Å²) in [7, 11) is -5.06. The molecule has 1 amide bonds. The van der Waals surface area contributed by atoms with Gasteiger partial charge in [0.25, 0.3) is 0 Å². The van der Waals surface area contributed by atoms with Crippen LogP contribution in [0.1, 0.15) is 67.3 Å². The molecule has 1 saturated heterocycles. The minimum absolute atomic E-state index is 0.249. The summed E-state index contributed by atoms with van der Waals surface area (Å²) in [6, 6.07) is 4.91. The quantitative estimate of drug-likeness (QED) is 0.377. The van der Waals surface area contributed by atoms with Crippen LogP contribution in [0.15, 0.2) is 47.4 Å². The Labute approximate surface area is 235 Å². The maximum atomic E-state index is 14.0. The molecule has 226 valence electrons. The number of halogens is 6. The molecule has 1 aliphatic heterocycles. The Morgan fingerprint density at radius 3 is 2.37 bits per heavy atom. The van der Waals surface area contributed by atoms with Gasteiger partial charge in [0.1, 0.15) is 6.04 Å². The molecule has 2 aromatic carbocycles. The average molecular weight is 606 g/mol. The first-order chi connectivity index (χ1) is 19.1. The Balaban J connectivity index is 1.49. The Kier molecular flexibility index (Phi) is 9.39. The largest absolute Gasteiger partial charge is 0.416 e. The Morgan fingerprint density at radius 1 is 1.00 bits per heavy atom. The number of nitrogens with one attached hydrogen (secondary N) is 2. The molecule has 1 fully saturated rings. The van der Waals surface area contributed by atoms with Gasteiger partial charge in [0.15, 0.2) is 0 Å². The third-order valence-electron chi connectivity index (χ3n) is 7.71. The van der Waals surface area contributed by atoms with Gasteiger partial charge in [-0.15, -0.1) is 0 Å². The smallest absolute Gasteiger partial charge is 0.349 e. The molecule has 13 heteroatoms. The predicted octanol–water partition coefficient (Wildman–Crippen LogP) is 5.73. The lowest BCUT2D eigenvalue weighted by molar-refractivity contribution is -0.167. The first-order valence-electron chi connectivity index (χ1n) is 13.6. The number of carbonyl (C=O) groups is 1. The molecule has 3 atom stereocenters. The van der Waals surface area contributed by atoms with E-state index in [0.29, 0.717) is 18.9 Å². The standard InChI is InChI=1S/C28H33F6N3O3S/c1-18(25(28(32,33)34)36-41(39,40)22-9-6-8-21(16-22)27(29,30)31)26(38)35-24-10-5-7-20-15-19(11-12-23(20)24)17-37-13-3-2-4-14-37/h6,8-9,11-12,15-16,18,24-25,36H,2-5,7,10,13-14,17H2,1H3,(H,35,38)/t18-,24-,25-/m1/s1. The Morgan fingerprint density at radius 2 is 1.71 bits per heavy atom. The van der Waals surface area contributed by atoms with Crippen LogP contribution in [0.5, 0.6) is 0 Å². The number of likely N-dealkylation sites (tertiary alicyclic amines) is 1. The predicted molar refractivity (Wildman–Crippen MR) is 140 cm³/mol. The molecular weight excluding hydrogens is 572 g/mol. The summed E-state index contributed by atoms with van der Waals surface area (Å²) in [5.74, 6) is -2.92. The summed E-state index contributed by atoms with van der Waals surface area (Å²) < 4.78 is 108. The molecule has 2 aliphatic rings. The Hall–Kier alpha value is -2.64. The van der Waals surface area contributed by atoms with Crippen LogP contribution in [0.4, 0.5) is 26.3 Å². The lowest BCUT2D eigenvalue weighted by Gasteiger charge is -2.31. The summed E-state index contributed by atoms with van der Waals surface area (Å²) in [6.07, 6.45) is -4.56. The van der Waals surface area contributed by atoms with E-state index in [9.17, 15) is 39.6 Å². The lowest BCUT2D eigenvalue weighted by atomic mass is 9.86. The normalized spacial score (nSPS) is 20.2. The summed E-state index contributed by atoms with van der Waals surface area (Å²) in [5.41, 5.74) is 1.63. The van der Waals surface area contributed by atoms with E-state index in [1.807, 2.05) is 12.1 Å². The van der Waals surface area contributed by atoms with E-state index in [0.717, 1.165) is 74.6 Å². The number of piperidine rings is 1. The van der Waals surface area contributed by atoms with Crippen LogP contribution in [0, 0.1) is 5.92 Å². The Bertz CT molecular complexity index is 1340. The van der Waals surface area contributed by atoms with Crippen molar-refractivity contribution in [2.24, 2.45) is 5.92 Å². The molecule has 1 aliphatic carbocycles.